The van der Waals surface area contributed by atoms with Gasteiger partial charge < -0.3 is 14.6 Å². The van der Waals surface area contributed by atoms with Crippen molar-refractivity contribution in [2.75, 3.05) is 19.8 Å². The topological polar surface area (TPSA) is 65.6 Å². The molecule has 2 heterocycles. The third-order valence-corrected chi connectivity index (χ3v) is 3.83. The maximum atomic E-state index is 11.9. The van der Waals surface area contributed by atoms with Gasteiger partial charge in [-0.1, -0.05) is 6.07 Å². The van der Waals surface area contributed by atoms with Gasteiger partial charge in [0.1, 0.15) is 12.2 Å². The van der Waals surface area contributed by atoms with Gasteiger partial charge in [0.25, 0.3) is 0 Å². The van der Waals surface area contributed by atoms with Gasteiger partial charge in [-0.2, -0.15) is 0 Å². The molecule has 2 aromatic rings. The molecule has 0 amide bonds. The largest absolute Gasteiger partial charge is 0.386 e. The molecule has 0 aliphatic carbocycles. The molecule has 0 spiro atoms. The first kappa shape index (κ1) is 13.4. The van der Waals surface area contributed by atoms with Crippen molar-refractivity contribution in [3.8, 4) is 0 Å². The second-order valence-corrected chi connectivity index (χ2v) is 5.08. The van der Waals surface area contributed by atoms with Crippen LogP contribution in [-0.2, 0) is 23.6 Å². The van der Waals surface area contributed by atoms with E-state index in [4.69, 9.17) is 9.47 Å². The Morgan fingerprint density at radius 3 is 2.70 bits per heavy atom. The Hall–Kier alpha value is -1.63. The molecule has 6 nitrogen and oxygen atoms in total. The van der Waals surface area contributed by atoms with Crippen LogP contribution in [0.5, 0.6) is 0 Å². The van der Waals surface area contributed by atoms with Crippen LogP contribution in [0.4, 0.5) is 0 Å². The number of nitrogens with zero attached hydrogens (tertiary/aromatic N) is 2. The maximum Gasteiger partial charge on any atom is 0.328 e. The van der Waals surface area contributed by atoms with Gasteiger partial charge in [-0.25, -0.2) is 4.79 Å². The molecule has 2 atom stereocenters. The van der Waals surface area contributed by atoms with Crippen LogP contribution >= 0.6 is 0 Å². The van der Waals surface area contributed by atoms with Gasteiger partial charge >= 0.3 is 5.69 Å². The lowest BCUT2D eigenvalue weighted by Gasteiger charge is -2.27. The average Bonchev–Trinajstić information content (AvgIpc) is 2.72. The predicted octanol–water partition coefficient (Wildman–Crippen LogP) is 0.326. The maximum absolute atomic E-state index is 11.9. The van der Waals surface area contributed by atoms with Crippen molar-refractivity contribution >= 4 is 11.0 Å². The molecular weight excluding hydrogens is 260 g/mol. The number of rotatable bonds is 2. The van der Waals surface area contributed by atoms with E-state index in [1.54, 1.807) is 23.2 Å². The number of ether oxygens (including phenoxy) is 2. The number of imidazole rings is 1. The fraction of sp³-hybridized carbons (Fsp3) is 0.500. The Balaban J connectivity index is 2.00. The van der Waals surface area contributed by atoms with E-state index in [0.29, 0.717) is 19.8 Å². The summed E-state index contributed by atoms with van der Waals surface area (Å²) in [4.78, 5) is 11.9. The van der Waals surface area contributed by atoms with E-state index < -0.39 is 6.10 Å². The van der Waals surface area contributed by atoms with Gasteiger partial charge in [0.05, 0.1) is 30.9 Å². The number of hydrogen-bond donors (Lipinski definition) is 1. The molecule has 1 N–H and O–H groups in total. The highest BCUT2D eigenvalue weighted by molar-refractivity contribution is 5.77. The molecule has 3 rings (SSSR count). The van der Waals surface area contributed by atoms with E-state index in [9.17, 15) is 9.90 Å². The molecule has 2 unspecified atom stereocenters. The molecule has 1 aliphatic rings. The lowest BCUT2D eigenvalue weighted by molar-refractivity contribution is -0.133. The molecule has 1 fully saturated rings. The highest BCUT2D eigenvalue weighted by atomic mass is 16.6. The Labute approximate surface area is 116 Å². The molecule has 0 radical (unpaired) electrons. The molecule has 1 aromatic heterocycles. The first-order valence-corrected chi connectivity index (χ1v) is 6.62. The third-order valence-electron chi connectivity index (χ3n) is 3.83. The van der Waals surface area contributed by atoms with Crippen molar-refractivity contribution in [1.82, 2.24) is 9.13 Å². The Bertz CT molecular complexity index is 682. The summed E-state index contributed by atoms with van der Waals surface area (Å²) in [6.45, 7) is 1.44. The fourth-order valence-corrected chi connectivity index (χ4v) is 2.61. The van der Waals surface area contributed by atoms with Gasteiger partial charge in [-0.3, -0.25) is 9.13 Å². The van der Waals surface area contributed by atoms with Gasteiger partial charge in [0.2, 0.25) is 0 Å². The van der Waals surface area contributed by atoms with Crippen molar-refractivity contribution in [3.05, 3.63) is 34.2 Å². The number of aliphatic hydroxyl groups excluding tert-OH is 1. The number of benzene rings is 1. The van der Waals surface area contributed by atoms with Crippen LogP contribution in [0.1, 0.15) is 11.7 Å². The molecule has 1 aliphatic heterocycles. The van der Waals surface area contributed by atoms with Crippen molar-refractivity contribution in [2.24, 2.45) is 14.1 Å². The Morgan fingerprint density at radius 2 is 2.00 bits per heavy atom. The van der Waals surface area contributed by atoms with Gasteiger partial charge in [0, 0.05) is 14.1 Å². The smallest absolute Gasteiger partial charge is 0.328 e. The zero-order valence-corrected chi connectivity index (χ0v) is 11.6. The summed E-state index contributed by atoms with van der Waals surface area (Å²) < 4.78 is 14.0. The minimum atomic E-state index is -0.755. The van der Waals surface area contributed by atoms with Crippen LogP contribution in [0.15, 0.2) is 23.0 Å². The van der Waals surface area contributed by atoms with Crippen LogP contribution in [0.25, 0.3) is 11.0 Å². The zero-order valence-electron chi connectivity index (χ0n) is 11.6. The van der Waals surface area contributed by atoms with Crippen LogP contribution in [-0.4, -0.2) is 40.2 Å². The molecule has 1 saturated heterocycles. The Kier molecular flexibility index (Phi) is 3.37. The average molecular weight is 278 g/mol. The molecule has 6 heteroatoms. The van der Waals surface area contributed by atoms with E-state index >= 15 is 0 Å². The summed E-state index contributed by atoms with van der Waals surface area (Å²) in [5.74, 6) is 0. The molecule has 1 aromatic carbocycles. The summed E-state index contributed by atoms with van der Waals surface area (Å²) in [7, 11) is 3.46. The van der Waals surface area contributed by atoms with Crippen LogP contribution < -0.4 is 5.69 Å². The second kappa shape index (κ2) is 5.05. The van der Waals surface area contributed by atoms with E-state index in [0.717, 1.165) is 16.6 Å². The normalized spacial score (nSPS) is 21.2. The van der Waals surface area contributed by atoms with Gasteiger partial charge in [-0.05, 0) is 17.7 Å². The third kappa shape index (κ3) is 2.06. The van der Waals surface area contributed by atoms with Crippen LogP contribution in [0.3, 0.4) is 0 Å². The summed E-state index contributed by atoms with van der Waals surface area (Å²) >= 11 is 0. The van der Waals surface area contributed by atoms with Gasteiger partial charge in [0.15, 0.2) is 0 Å². The number of hydrogen-bond acceptors (Lipinski definition) is 4. The summed E-state index contributed by atoms with van der Waals surface area (Å²) in [6.07, 6.45) is -1.11. The first-order chi connectivity index (χ1) is 9.59. The highest BCUT2D eigenvalue weighted by Crippen LogP contribution is 2.24. The standard InChI is InChI=1S/C14H18N2O4/c1-15-10-4-3-9(7-11(10)16(2)14(15)18)13(17)12-8-19-5-6-20-12/h3-4,7,12-13,17H,5-6,8H2,1-2H3. The lowest BCUT2D eigenvalue weighted by atomic mass is 10.0. The summed E-state index contributed by atoms with van der Waals surface area (Å²) in [5.41, 5.74) is 2.29. The highest BCUT2D eigenvalue weighted by Gasteiger charge is 2.25. The number of fused-ring (bicyclic) bond motifs is 1. The first-order valence-electron chi connectivity index (χ1n) is 6.62. The van der Waals surface area contributed by atoms with Crippen molar-refractivity contribution < 1.29 is 14.6 Å². The van der Waals surface area contributed by atoms with E-state index in [2.05, 4.69) is 0 Å². The zero-order chi connectivity index (χ0) is 14.3. The Morgan fingerprint density at radius 1 is 1.25 bits per heavy atom. The molecule has 0 bridgehead atoms. The minimum absolute atomic E-state index is 0.0797. The van der Waals surface area contributed by atoms with E-state index in [1.165, 1.54) is 0 Å². The quantitative estimate of drug-likeness (QED) is 0.859. The number of aliphatic hydroxyl groups is 1. The fourth-order valence-electron chi connectivity index (χ4n) is 2.61. The SMILES string of the molecule is Cn1c(=O)n(C)c2cc(C(O)C3COCCO3)ccc21. The van der Waals surface area contributed by atoms with Gasteiger partial charge in [-0.15, -0.1) is 0 Å². The van der Waals surface area contributed by atoms with Crippen LogP contribution in [0.2, 0.25) is 0 Å². The minimum Gasteiger partial charge on any atom is -0.386 e. The second-order valence-electron chi connectivity index (χ2n) is 5.08. The molecular formula is C14H18N2O4. The summed E-state index contributed by atoms with van der Waals surface area (Å²) in [5, 5.41) is 10.4. The van der Waals surface area contributed by atoms with E-state index in [1.807, 2.05) is 18.2 Å². The molecule has 20 heavy (non-hydrogen) atoms. The van der Waals surface area contributed by atoms with Crippen molar-refractivity contribution in [2.45, 2.75) is 12.2 Å². The van der Waals surface area contributed by atoms with Crippen LogP contribution in [0, 0.1) is 0 Å². The monoisotopic (exact) mass is 278 g/mol. The predicted molar refractivity (Wildman–Crippen MR) is 73.7 cm³/mol. The lowest BCUT2D eigenvalue weighted by Crippen LogP contribution is -2.33. The molecule has 108 valence electrons. The molecule has 0 saturated carbocycles. The number of aryl methyl sites for hydroxylation is 2. The number of aromatic nitrogens is 2. The summed E-state index contributed by atoms with van der Waals surface area (Å²) in [6, 6.07) is 5.50. The van der Waals surface area contributed by atoms with Crippen molar-refractivity contribution in [1.29, 1.82) is 0 Å². The van der Waals surface area contributed by atoms with Crippen molar-refractivity contribution in [3.63, 3.8) is 0 Å². The van der Waals surface area contributed by atoms with E-state index in [-0.39, 0.29) is 11.8 Å².